The van der Waals surface area contributed by atoms with E-state index in [1.807, 2.05) is 43.3 Å². The predicted octanol–water partition coefficient (Wildman–Crippen LogP) is 2.60. The summed E-state index contributed by atoms with van der Waals surface area (Å²) in [4.78, 5) is 26.8. The SMILES string of the molecule is Cc1ccccc1C(=O)N/N=C/c1cc2ccccc2[nH]c1=O. The van der Waals surface area contributed by atoms with Gasteiger partial charge in [0.15, 0.2) is 0 Å². The van der Waals surface area contributed by atoms with Crippen LogP contribution < -0.4 is 11.0 Å². The molecule has 0 saturated heterocycles. The molecule has 5 nitrogen and oxygen atoms in total. The smallest absolute Gasteiger partial charge is 0.271 e. The largest absolute Gasteiger partial charge is 0.321 e. The van der Waals surface area contributed by atoms with Gasteiger partial charge in [-0.15, -0.1) is 0 Å². The van der Waals surface area contributed by atoms with Crippen molar-refractivity contribution >= 4 is 23.0 Å². The minimum atomic E-state index is -0.309. The molecule has 3 aromatic rings. The van der Waals surface area contributed by atoms with Crippen molar-refractivity contribution in [3.05, 3.63) is 81.6 Å². The van der Waals surface area contributed by atoms with Crippen molar-refractivity contribution in [1.82, 2.24) is 10.4 Å². The van der Waals surface area contributed by atoms with Gasteiger partial charge in [0, 0.05) is 11.1 Å². The molecule has 0 aliphatic rings. The molecule has 5 heteroatoms. The molecule has 1 amide bonds. The fourth-order valence-electron chi connectivity index (χ4n) is 2.31. The summed E-state index contributed by atoms with van der Waals surface area (Å²) in [6, 6.07) is 16.4. The molecule has 0 unspecified atom stereocenters. The Morgan fingerprint density at radius 3 is 2.70 bits per heavy atom. The normalized spacial score (nSPS) is 11.0. The molecule has 2 aromatic carbocycles. The summed E-state index contributed by atoms with van der Waals surface area (Å²) < 4.78 is 0. The summed E-state index contributed by atoms with van der Waals surface area (Å²) in [6.45, 7) is 1.85. The molecular formula is C18H15N3O2. The third-order valence-electron chi connectivity index (χ3n) is 3.54. The van der Waals surface area contributed by atoms with E-state index in [9.17, 15) is 9.59 Å². The van der Waals surface area contributed by atoms with Crippen LogP contribution in [0.5, 0.6) is 0 Å². The van der Waals surface area contributed by atoms with E-state index in [1.165, 1.54) is 6.21 Å². The molecule has 1 aromatic heterocycles. The van der Waals surface area contributed by atoms with Gasteiger partial charge in [0.1, 0.15) is 0 Å². The summed E-state index contributed by atoms with van der Waals surface area (Å²) in [5, 5.41) is 4.78. The van der Waals surface area contributed by atoms with Crippen LogP contribution in [0.25, 0.3) is 10.9 Å². The average molecular weight is 305 g/mol. The molecular weight excluding hydrogens is 290 g/mol. The van der Waals surface area contributed by atoms with Gasteiger partial charge in [0.2, 0.25) is 0 Å². The molecule has 0 spiro atoms. The first-order valence-corrected chi connectivity index (χ1v) is 7.16. The second kappa shape index (κ2) is 6.27. The van der Waals surface area contributed by atoms with Gasteiger partial charge in [0.25, 0.3) is 11.5 Å². The number of pyridine rings is 1. The highest BCUT2D eigenvalue weighted by Crippen LogP contribution is 2.09. The molecule has 0 aliphatic heterocycles. The van der Waals surface area contributed by atoms with Crippen LogP contribution >= 0.6 is 0 Å². The third kappa shape index (κ3) is 3.18. The van der Waals surface area contributed by atoms with Crippen molar-refractivity contribution in [2.24, 2.45) is 5.10 Å². The highest BCUT2D eigenvalue weighted by molar-refractivity contribution is 5.96. The lowest BCUT2D eigenvalue weighted by molar-refractivity contribution is 0.0954. The second-order valence-electron chi connectivity index (χ2n) is 5.16. The number of para-hydroxylation sites is 1. The molecule has 23 heavy (non-hydrogen) atoms. The number of hydrogen-bond acceptors (Lipinski definition) is 3. The maximum atomic E-state index is 12.0. The van der Waals surface area contributed by atoms with Gasteiger partial charge in [-0.3, -0.25) is 9.59 Å². The number of aromatic nitrogens is 1. The number of nitrogens with one attached hydrogen (secondary N) is 2. The van der Waals surface area contributed by atoms with Crippen LogP contribution in [0.1, 0.15) is 21.5 Å². The van der Waals surface area contributed by atoms with E-state index < -0.39 is 0 Å². The number of H-pyrrole nitrogens is 1. The van der Waals surface area contributed by atoms with Crippen LogP contribution in [0.3, 0.4) is 0 Å². The molecule has 0 aliphatic carbocycles. The van der Waals surface area contributed by atoms with E-state index >= 15 is 0 Å². The van der Waals surface area contributed by atoms with Crippen molar-refractivity contribution < 1.29 is 4.79 Å². The minimum absolute atomic E-state index is 0.252. The first kappa shape index (κ1) is 14.7. The van der Waals surface area contributed by atoms with E-state index in [0.717, 1.165) is 16.5 Å². The summed E-state index contributed by atoms with van der Waals surface area (Å²) in [5.74, 6) is -0.309. The minimum Gasteiger partial charge on any atom is -0.321 e. The average Bonchev–Trinajstić information content (AvgIpc) is 2.55. The van der Waals surface area contributed by atoms with Crippen LogP contribution in [0.15, 0.2) is 64.5 Å². The van der Waals surface area contributed by atoms with E-state index in [1.54, 1.807) is 18.2 Å². The van der Waals surface area contributed by atoms with Crippen LogP contribution in [-0.2, 0) is 0 Å². The topological polar surface area (TPSA) is 74.3 Å². The van der Waals surface area contributed by atoms with Crippen molar-refractivity contribution in [2.45, 2.75) is 6.92 Å². The first-order chi connectivity index (χ1) is 11.1. The van der Waals surface area contributed by atoms with Gasteiger partial charge in [-0.2, -0.15) is 5.10 Å². The molecule has 0 bridgehead atoms. The van der Waals surface area contributed by atoms with E-state index in [4.69, 9.17) is 0 Å². The molecule has 3 rings (SSSR count). The monoisotopic (exact) mass is 305 g/mol. The van der Waals surface area contributed by atoms with Crippen LogP contribution in [0.4, 0.5) is 0 Å². The number of fused-ring (bicyclic) bond motifs is 1. The Labute approximate surface area is 132 Å². The standard InChI is InChI=1S/C18H15N3O2/c1-12-6-2-4-8-15(12)18(23)21-19-11-14-10-13-7-3-5-9-16(13)20-17(14)22/h2-11H,1H3,(H,20,22)(H,21,23)/b19-11+. The lowest BCUT2D eigenvalue weighted by Crippen LogP contribution is -2.20. The molecule has 114 valence electrons. The fraction of sp³-hybridized carbons (Fsp3) is 0.0556. The number of carbonyl (C=O) groups is 1. The van der Waals surface area contributed by atoms with E-state index in [2.05, 4.69) is 15.5 Å². The first-order valence-electron chi connectivity index (χ1n) is 7.16. The van der Waals surface area contributed by atoms with Gasteiger partial charge in [-0.1, -0.05) is 36.4 Å². The van der Waals surface area contributed by atoms with Crippen molar-refractivity contribution in [2.75, 3.05) is 0 Å². The summed E-state index contributed by atoms with van der Waals surface area (Å²) in [7, 11) is 0. The lowest BCUT2D eigenvalue weighted by Gasteiger charge is -2.03. The number of aryl methyl sites for hydroxylation is 1. The maximum Gasteiger partial charge on any atom is 0.271 e. The Kier molecular flexibility index (Phi) is 4.01. The van der Waals surface area contributed by atoms with Crippen LogP contribution in [0, 0.1) is 6.92 Å². The van der Waals surface area contributed by atoms with Gasteiger partial charge in [-0.05, 0) is 36.1 Å². The number of rotatable bonds is 3. The highest BCUT2D eigenvalue weighted by Gasteiger charge is 2.06. The lowest BCUT2D eigenvalue weighted by atomic mass is 10.1. The van der Waals surface area contributed by atoms with Gasteiger partial charge >= 0.3 is 0 Å². The number of hydrazone groups is 1. The number of aromatic amines is 1. The quantitative estimate of drug-likeness (QED) is 0.576. The highest BCUT2D eigenvalue weighted by atomic mass is 16.2. The molecule has 0 atom stereocenters. The Bertz CT molecular complexity index is 958. The number of amides is 1. The van der Waals surface area contributed by atoms with Crippen LogP contribution in [-0.4, -0.2) is 17.1 Å². The van der Waals surface area contributed by atoms with E-state index in [-0.39, 0.29) is 11.5 Å². The number of benzene rings is 2. The number of hydrogen-bond donors (Lipinski definition) is 2. The summed E-state index contributed by atoms with van der Waals surface area (Å²) in [6.07, 6.45) is 1.35. The van der Waals surface area contributed by atoms with E-state index in [0.29, 0.717) is 11.1 Å². The Morgan fingerprint density at radius 2 is 1.87 bits per heavy atom. The van der Waals surface area contributed by atoms with Crippen molar-refractivity contribution in [3.63, 3.8) is 0 Å². The van der Waals surface area contributed by atoms with Gasteiger partial charge in [-0.25, -0.2) is 5.43 Å². The molecule has 0 fully saturated rings. The second-order valence-corrected chi connectivity index (χ2v) is 5.16. The molecule has 0 saturated carbocycles. The van der Waals surface area contributed by atoms with Gasteiger partial charge in [0.05, 0.1) is 11.8 Å². The Balaban J connectivity index is 1.81. The van der Waals surface area contributed by atoms with Crippen LogP contribution in [0.2, 0.25) is 0 Å². The molecule has 2 N–H and O–H groups in total. The maximum absolute atomic E-state index is 12.0. The zero-order valence-corrected chi connectivity index (χ0v) is 12.5. The van der Waals surface area contributed by atoms with Crippen molar-refractivity contribution in [3.8, 4) is 0 Å². The third-order valence-corrected chi connectivity index (χ3v) is 3.54. The van der Waals surface area contributed by atoms with Crippen molar-refractivity contribution in [1.29, 1.82) is 0 Å². The van der Waals surface area contributed by atoms with Gasteiger partial charge < -0.3 is 4.98 Å². The molecule has 1 heterocycles. The Morgan fingerprint density at radius 1 is 1.13 bits per heavy atom. The molecule has 0 radical (unpaired) electrons. The zero-order valence-electron chi connectivity index (χ0n) is 12.5. The number of nitrogens with zero attached hydrogens (tertiary/aromatic N) is 1. The summed E-state index contributed by atoms with van der Waals surface area (Å²) in [5.41, 5.74) is 4.75. The summed E-state index contributed by atoms with van der Waals surface area (Å²) >= 11 is 0. The zero-order chi connectivity index (χ0) is 16.2. The fourth-order valence-corrected chi connectivity index (χ4v) is 2.31. The predicted molar refractivity (Wildman–Crippen MR) is 90.8 cm³/mol. The number of carbonyl (C=O) groups excluding carboxylic acids is 1. The Hall–Kier alpha value is -3.21.